The fourth-order valence-corrected chi connectivity index (χ4v) is 2.16. The summed E-state index contributed by atoms with van der Waals surface area (Å²) in [6.07, 6.45) is -0.0894. The van der Waals surface area contributed by atoms with Gasteiger partial charge < -0.3 is 10.2 Å². The summed E-state index contributed by atoms with van der Waals surface area (Å²) in [7, 11) is 0. The van der Waals surface area contributed by atoms with E-state index >= 15 is 0 Å². The molecule has 0 aliphatic carbocycles. The van der Waals surface area contributed by atoms with Gasteiger partial charge in [-0.1, -0.05) is 12.1 Å². The Morgan fingerprint density at radius 1 is 1.50 bits per heavy atom. The zero-order valence-electron chi connectivity index (χ0n) is 10.2. The summed E-state index contributed by atoms with van der Waals surface area (Å²) in [5, 5.41) is 3.18. The number of hydrogen-bond donors (Lipinski definition) is 1. The number of amides is 1. The van der Waals surface area contributed by atoms with Crippen molar-refractivity contribution in [2.45, 2.75) is 19.4 Å². The van der Waals surface area contributed by atoms with Crippen LogP contribution in [-0.2, 0) is 11.2 Å². The van der Waals surface area contributed by atoms with Crippen LogP contribution in [0.4, 0.5) is 8.78 Å². The molecule has 18 heavy (non-hydrogen) atoms. The Hall–Kier alpha value is -1.49. The fraction of sp³-hybridized carbons (Fsp3) is 0.462. The highest BCUT2D eigenvalue weighted by atomic mass is 19.2. The lowest BCUT2D eigenvalue weighted by molar-refractivity contribution is -0.133. The monoisotopic (exact) mass is 254 g/mol. The minimum atomic E-state index is -0.923. The third-order valence-electron chi connectivity index (χ3n) is 3.19. The van der Waals surface area contributed by atoms with Gasteiger partial charge in [0, 0.05) is 31.2 Å². The van der Waals surface area contributed by atoms with Crippen LogP contribution in [-0.4, -0.2) is 36.5 Å². The fourth-order valence-electron chi connectivity index (χ4n) is 2.16. The van der Waals surface area contributed by atoms with Crippen molar-refractivity contribution in [3.8, 4) is 0 Å². The topological polar surface area (TPSA) is 32.3 Å². The summed E-state index contributed by atoms with van der Waals surface area (Å²) in [6, 6.07) is 4.00. The van der Waals surface area contributed by atoms with Gasteiger partial charge in [-0.2, -0.15) is 0 Å². The summed E-state index contributed by atoms with van der Waals surface area (Å²) in [5.41, 5.74) is 0.116. The number of hydrogen-bond acceptors (Lipinski definition) is 2. The number of benzene rings is 1. The lowest BCUT2D eigenvalue weighted by Gasteiger charge is -2.34. The van der Waals surface area contributed by atoms with E-state index in [1.165, 1.54) is 12.1 Å². The van der Waals surface area contributed by atoms with E-state index in [1.807, 2.05) is 6.92 Å². The first-order valence-corrected chi connectivity index (χ1v) is 6.02. The maximum Gasteiger partial charge on any atom is 0.227 e. The Kier molecular flexibility index (Phi) is 3.91. The van der Waals surface area contributed by atoms with Crippen LogP contribution in [0.3, 0.4) is 0 Å². The normalized spacial score (nSPS) is 19.9. The van der Waals surface area contributed by atoms with Gasteiger partial charge in [-0.15, -0.1) is 0 Å². The van der Waals surface area contributed by atoms with Crippen molar-refractivity contribution in [1.29, 1.82) is 0 Å². The lowest BCUT2D eigenvalue weighted by atomic mass is 10.1. The largest absolute Gasteiger partial charge is 0.337 e. The van der Waals surface area contributed by atoms with Gasteiger partial charge >= 0.3 is 0 Å². The van der Waals surface area contributed by atoms with Crippen molar-refractivity contribution in [1.82, 2.24) is 10.2 Å². The number of rotatable bonds is 2. The number of carbonyl (C=O) groups excluding carboxylic acids is 1. The molecule has 1 fully saturated rings. The first-order valence-electron chi connectivity index (χ1n) is 6.02. The van der Waals surface area contributed by atoms with Gasteiger partial charge in [0.2, 0.25) is 5.91 Å². The predicted molar refractivity (Wildman–Crippen MR) is 64.1 cm³/mol. The van der Waals surface area contributed by atoms with Crippen molar-refractivity contribution < 1.29 is 13.6 Å². The van der Waals surface area contributed by atoms with Crippen LogP contribution in [0.1, 0.15) is 12.5 Å². The molecule has 2 rings (SSSR count). The first kappa shape index (κ1) is 13.0. The molecule has 0 saturated carbocycles. The van der Waals surface area contributed by atoms with E-state index in [0.717, 1.165) is 19.2 Å². The molecule has 98 valence electrons. The molecule has 1 N–H and O–H groups in total. The van der Waals surface area contributed by atoms with Crippen LogP contribution in [0, 0.1) is 11.6 Å². The quantitative estimate of drug-likeness (QED) is 0.863. The van der Waals surface area contributed by atoms with E-state index in [-0.39, 0.29) is 23.9 Å². The average Bonchev–Trinajstić information content (AvgIpc) is 2.35. The van der Waals surface area contributed by atoms with Crippen molar-refractivity contribution >= 4 is 5.91 Å². The first-order chi connectivity index (χ1) is 8.59. The van der Waals surface area contributed by atoms with Gasteiger partial charge in [0.05, 0.1) is 6.42 Å². The van der Waals surface area contributed by atoms with E-state index in [9.17, 15) is 13.6 Å². The lowest BCUT2D eigenvalue weighted by Crippen LogP contribution is -2.52. The van der Waals surface area contributed by atoms with Gasteiger partial charge in [-0.3, -0.25) is 4.79 Å². The number of piperazine rings is 1. The van der Waals surface area contributed by atoms with Crippen LogP contribution >= 0.6 is 0 Å². The number of nitrogens with one attached hydrogen (secondary N) is 1. The third kappa shape index (κ3) is 2.67. The SMILES string of the molecule is C[C@@H]1CNCCN1C(=O)Cc1cccc(F)c1F. The van der Waals surface area contributed by atoms with Crippen molar-refractivity contribution in [2.75, 3.05) is 19.6 Å². The second-order valence-electron chi connectivity index (χ2n) is 4.53. The van der Waals surface area contributed by atoms with Crippen molar-refractivity contribution in [3.05, 3.63) is 35.4 Å². The highest BCUT2D eigenvalue weighted by molar-refractivity contribution is 5.79. The molecule has 1 aromatic carbocycles. The molecule has 0 unspecified atom stereocenters. The Bertz CT molecular complexity index is 451. The summed E-state index contributed by atoms with van der Waals surface area (Å²) in [6.45, 7) is 4.02. The second kappa shape index (κ2) is 5.44. The van der Waals surface area contributed by atoms with Gasteiger partial charge in [-0.05, 0) is 13.0 Å². The summed E-state index contributed by atoms with van der Waals surface area (Å²) in [4.78, 5) is 13.8. The second-order valence-corrected chi connectivity index (χ2v) is 4.53. The van der Waals surface area contributed by atoms with Crippen LogP contribution < -0.4 is 5.32 Å². The van der Waals surface area contributed by atoms with E-state index in [2.05, 4.69) is 5.32 Å². The predicted octanol–water partition coefficient (Wildman–Crippen LogP) is 1.33. The number of carbonyl (C=O) groups is 1. The van der Waals surface area contributed by atoms with Crippen LogP contribution in [0.15, 0.2) is 18.2 Å². The maximum atomic E-state index is 13.5. The molecule has 1 aliphatic rings. The standard InChI is InChI=1S/C13H16F2N2O/c1-9-8-16-5-6-17(9)12(18)7-10-3-2-4-11(14)13(10)15/h2-4,9,16H,5-8H2,1H3/t9-/m1/s1. The van der Waals surface area contributed by atoms with E-state index in [1.54, 1.807) is 4.90 Å². The van der Waals surface area contributed by atoms with Gasteiger partial charge in [0.25, 0.3) is 0 Å². The molecule has 1 atom stereocenters. The molecule has 0 bridgehead atoms. The Morgan fingerprint density at radius 2 is 2.28 bits per heavy atom. The Morgan fingerprint density at radius 3 is 3.00 bits per heavy atom. The molecule has 0 radical (unpaired) electrons. The van der Waals surface area contributed by atoms with Crippen molar-refractivity contribution in [3.63, 3.8) is 0 Å². The van der Waals surface area contributed by atoms with Crippen LogP contribution in [0.5, 0.6) is 0 Å². The Labute approximate surface area is 105 Å². The molecular weight excluding hydrogens is 238 g/mol. The van der Waals surface area contributed by atoms with Gasteiger partial charge in [0.1, 0.15) is 0 Å². The number of nitrogens with zero attached hydrogens (tertiary/aromatic N) is 1. The summed E-state index contributed by atoms with van der Waals surface area (Å²) < 4.78 is 26.5. The van der Waals surface area contributed by atoms with Crippen molar-refractivity contribution in [2.24, 2.45) is 0 Å². The molecular formula is C13H16F2N2O. The maximum absolute atomic E-state index is 13.5. The molecule has 5 heteroatoms. The third-order valence-corrected chi connectivity index (χ3v) is 3.19. The highest BCUT2D eigenvalue weighted by Gasteiger charge is 2.24. The average molecular weight is 254 g/mol. The zero-order valence-corrected chi connectivity index (χ0v) is 10.2. The molecule has 0 spiro atoms. The summed E-state index contributed by atoms with van der Waals surface area (Å²) >= 11 is 0. The molecule has 1 saturated heterocycles. The molecule has 1 aromatic rings. The number of halogens is 2. The van der Waals surface area contributed by atoms with E-state index < -0.39 is 11.6 Å². The Balaban J connectivity index is 2.09. The summed E-state index contributed by atoms with van der Waals surface area (Å²) in [5.74, 6) is -1.99. The van der Waals surface area contributed by atoms with Gasteiger partial charge in [0.15, 0.2) is 11.6 Å². The van der Waals surface area contributed by atoms with Crippen LogP contribution in [0.2, 0.25) is 0 Å². The molecule has 0 aromatic heterocycles. The molecule has 3 nitrogen and oxygen atoms in total. The smallest absolute Gasteiger partial charge is 0.227 e. The van der Waals surface area contributed by atoms with Gasteiger partial charge in [-0.25, -0.2) is 8.78 Å². The van der Waals surface area contributed by atoms with E-state index in [0.29, 0.717) is 6.54 Å². The zero-order chi connectivity index (χ0) is 13.1. The van der Waals surface area contributed by atoms with Crippen LogP contribution in [0.25, 0.3) is 0 Å². The minimum absolute atomic E-state index is 0.0860. The molecule has 1 heterocycles. The molecule has 1 aliphatic heterocycles. The minimum Gasteiger partial charge on any atom is -0.337 e. The highest BCUT2D eigenvalue weighted by Crippen LogP contribution is 2.14. The van der Waals surface area contributed by atoms with E-state index in [4.69, 9.17) is 0 Å². The molecule has 1 amide bonds.